The topological polar surface area (TPSA) is 301 Å². The number of hydrogen-bond donors (Lipinski definition) is 8. The highest BCUT2D eigenvalue weighted by atomic mass is 16.5. The van der Waals surface area contributed by atoms with E-state index in [1.54, 1.807) is 0 Å². The van der Waals surface area contributed by atoms with Crippen LogP contribution in [-0.4, -0.2) is 125 Å². The Bertz CT molecular complexity index is 1250. The molecule has 0 rings (SSSR count). The summed E-state index contributed by atoms with van der Waals surface area (Å²) in [5, 5.41) is 45.6. The molecule has 0 fully saturated rings. The number of amides is 4. The van der Waals surface area contributed by atoms with E-state index in [0.717, 1.165) is 51.4 Å². The number of carboxylic acid groups (broad SMARTS) is 4. The number of carboxylic acids is 4. The first-order chi connectivity index (χ1) is 27.7. The summed E-state index contributed by atoms with van der Waals surface area (Å²) in [4.78, 5) is 104. The molecule has 0 aromatic heterocycles. The lowest BCUT2D eigenvalue weighted by Gasteiger charge is -2.20. The molecular weight excluding hydrogens is 764 g/mol. The van der Waals surface area contributed by atoms with Crippen molar-refractivity contribution in [1.29, 1.82) is 0 Å². The maximum atomic E-state index is 12.5. The van der Waals surface area contributed by atoms with E-state index < -0.39 is 72.8 Å². The Morgan fingerprint density at radius 3 is 1.45 bits per heavy atom. The zero-order valence-corrected chi connectivity index (χ0v) is 33.7. The third-order valence-electron chi connectivity index (χ3n) is 8.97. The Morgan fingerprint density at radius 1 is 0.466 bits per heavy atom. The van der Waals surface area contributed by atoms with Gasteiger partial charge in [-0.2, -0.15) is 0 Å². The van der Waals surface area contributed by atoms with Crippen molar-refractivity contribution in [2.24, 2.45) is 0 Å². The van der Waals surface area contributed by atoms with E-state index in [4.69, 9.17) is 24.8 Å². The van der Waals surface area contributed by atoms with Gasteiger partial charge in [0, 0.05) is 38.6 Å². The van der Waals surface area contributed by atoms with Crippen LogP contribution in [-0.2, 0) is 52.6 Å². The van der Waals surface area contributed by atoms with Crippen molar-refractivity contribution in [2.45, 2.75) is 159 Å². The summed E-state index contributed by atoms with van der Waals surface area (Å²) in [5.41, 5.74) is 0. The van der Waals surface area contributed by atoms with Gasteiger partial charge in [0.2, 0.25) is 23.6 Å². The van der Waals surface area contributed by atoms with Gasteiger partial charge in [0.05, 0.1) is 25.9 Å². The number of nitrogens with one attached hydrogen (secondary N) is 4. The Morgan fingerprint density at radius 2 is 0.931 bits per heavy atom. The first-order valence-electron chi connectivity index (χ1n) is 20.4. The quantitative estimate of drug-likeness (QED) is 0.0325. The molecule has 0 saturated carbocycles. The van der Waals surface area contributed by atoms with Crippen LogP contribution < -0.4 is 21.3 Å². The zero-order chi connectivity index (χ0) is 43.4. The van der Waals surface area contributed by atoms with Gasteiger partial charge in [-0.25, -0.2) is 4.79 Å². The van der Waals surface area contributed by atoms with Gasteiger partial charge < -0.3 is 56.0 Å². The first-order valence-corrected chi connectivity index (χ1v) is 20.4. The Balaban J connectivity index is 4.06. The van der Waals surface area contributed by atoms with Crippen LogP contribution in [0.1, 0.15) is 141 Å². The summed E-state index contributed by atoms with van der Waals surface area (Å²) in [6.45, 7) is -0.323. The molecule has 0 aliphatic heterocycles. The van der Waals surface area contributed by atoms with Crippen LogP contribution in [0, 0.1) is 0 Å². The van der Waals surface area contributed by atoms with Gasteiger partial charge in [-0.15, -0.1) is 0 Å². The molecular formula is C39H66N4O15. The van der Waals surface area contributed by atoms with E-state index >= 15 is 0 Å². The molecule has 0 bridgehead atoms. The lowest BCUT2D eigenvalue weighted by molar-refractivity contribution is -0.142. The van der Waals surface area contributed by atoms with Crippen LogP contribution in [0.3, 0.4) is 0 Å². The molecule has 4 amide bonds. The van der Waals surface area contributed by atoms with Gasteiger partial charge >= 0.3 is 23.9 Å². The van der Waals surface area contributed by atoms with E-state index in [1.807, 2.05) is 0 Å². The first kappa shape index (κ1) is 53.4. The maximum absolute atomic E-state index is 12.5. The minimum absolute atomic E-state index is 0.0333. The number of unbranched alkanes of at least 4 members (excludes halogenated alkanes) is 13. The largest absolute Gasteiger partial charge is 0.481 e. The third kappa shape index (κ3) is 33.5. The SMILES string of the molecule is O=C[C@H](CCC(=O)O)NC(=O)[C@H](CCC(=O)O)NC(=O)COCCOCCNC(=O)CC[C@H](NC(=O)CCCCCCCCCCCCCCCCC(=O)O)C(=O)O. The molecule has 58 heavy (non-hydrogen) atoms. The molecule has 0 spiro atoms. The lowest BCUT2D eigenvalue weighted by atomic mass is 10.0. The molecule has 3 atom stereocenters. The van der Waals surface area contributed by atoms with E-state index in [9.17, 15) is 48.3 Å². The number of carbonyl (C=O) groups excluding carboxylic acids is 5. The van der Waals surface area contributed by atoms with Gasteiger partial charge in [-0.1, -0.05) is 77.0 Å². The second kappa shape index (κ2) is 35.5. The van der Waals surface area contributed by atoms with Crippen molar-refractivity contribution in [2.75, 3.05) is 33.0 Å². The smallest absolute Gasteiger partial charge is 0.326 e. The predicted octanol–water partition coefficient (Wildman–Crippen LogP) is 2.71. The van der Waals surface area contributed by atoms with Gasteiger partial charge in [0.25, 0.3) is 0 Å². The molecule has 0 radical (unpaired) electrons. The van der Waals surface area contributed by atoms with Crippen LogP contribution in [0.2, 0.25) is 0 Å². The van der Waals surface area contributed by atoms with Crippen LogP contribution in [0.5, 0.6) is 0 Å². The van der Waals surface area contributed by atoms with E-state index in [2.05, 4.69) is 21.3 Å². The normalized spacial score (nSPS) is 12.4. The van der Waals surface area contributed by atoms with Gasteiger partial charge in [0.15, 0.2) is 0 Å². The summed E-state index contributed by atoms with van der Waals surface area (Å²) in [7, 11) is 0. The number of ether oxygens (including phenoxy) is 2. The summed E-state index contributed by atoms with van der Waals surface area (Å²) in [6, 6.07) is -3.65. The lowest BCUT2D eigenvalue weighted by Crippen LogP contribution is -2.51. The van der Waals surface area contributed by atoms with Gasteiger partial charge in [-0.3, -0.25) is 33.6 Å². The summed E-state index contributed by atoms with van der Waals surface area (Å²) < 4.78 is 10.5. The summed E-state index contributed by atoms with van der Waals surface area (Å²) in [6.07, 6.45) is 14.0. The van der Waals surface area contributed by atoms with Crippen LogP contribution in [0.4, 0.5) is 0 Å². The fourth-order valence-electron chi connectivity index (χ4n) is 5.73. The van der Waals surface area contributed by atoms with Crippen LogP contribution in [0.15, 0.2) is 0 Å². The second-order valence-electron chi connectivity index (χ2n) is 14.1. The maximum Gasteiger partial charge on any atom is 0.326 e. The van der Waals surface area contributed by atoms with Gasteiger partial charge in [-0.05, 0) is 32.1 Å². The number of carbonyl (C=O) groups is 9. The number of rotatable bonds is 40. The number of hydrogen-bond acceptors (Lipinski definition) is 11. The van der Waals surface area contributed by atoms with Crippen molar-refractivity contribution in [3.05, 3.63) is 0 Å². The van der Waals surface area contributed by atoms with Crippen LogP contribution >= 0.6 is 0 Å². The minimum atomic E-state index is -1.31. The molecule has 0 aromatic carbocycles. The molecule has 8 N–H and O–H groups in total. The fourth-order valence-corrected chi connectivity index (χ4v) is 5.73. The number of aliphatic carboxylic acids is 4. The molecule has 0 saturated heterocycles. The predicted molar refractivity (Wildman–Crippen MR) is 209 cm³/mol. The second-order valence-corrected chi connectivity index (χ2v) is 14.1. The molecule has 0 aromatic rings. The fraction of sp³-hybridized carbons (Fsp3) is 0.769. The van der Waals surface area contributed by atoms with Crippen molar-refractivity contribution in [1.82, 2.24) is 21.3 Å². The Labute approximate surface area is 340 Å². The highest BCUT2D eigenvalue weighted by molar-refractivity contribution is 5.90. The number of aldehydes is 1. The van der Waals surface area contributed by atoms with E-state index in [-0.39, 0.29) is 77.2 Å². The molecule has 0 aliphatic carbocycles. The zero-order valence-electron chi connectivity index (χ0n) is 33.7. The van der Waals surface area contributed by atoms with Gasteiger partial charge in [0.1, 0.15) is 25.0 Å². The molecule has 19 nitrogen and oxygen atoms in total. The average molecular weight is 831 g/mol. The van der Waals surface area contributed by atoms with Crippen molar-refractivity contribution in [3.8, 4) is 0 Å². The van der Waals surface area contributed by atoms with Crippen molar-refractivity contribution >= 4 is 53.8 Å². The highest BCUT2D eigenvalue weighted by Crippen LogP contribution is 2.14. The standard InChI is InChI=1S/C39H66N4O15/c44-27-29(17-21-36(50)51)41-38(54)30(19-22-37(52)53)42-34(47)28-58-26-25-57-24-23-40-32(45)20-18-31(39(55)56)43-33(46)15-13-11-9-7-5-3-1-2-4-6-8-10-12-14-16-35(48)49/h27,29-31H,1-26,28H2,(H,40,45)(H,41,54)(H,42,47)(H,43,46)(H,48,49)(H,50,51)(H,52,53)(H,55,56)/t29-,30-,31-/m0/s1. The Kier molecular flexibility index (Phi) is 32.7. The van der Waals surface area contributed by atoms with Crippen molar-refractivity contribution in [3.63, 3.8) is 0 Å². The highest BCUT2D eigenvalue weighted by Gasteiger charge is 2.25. The molecule has 19 heteroatoms. The third-order valence-corrected chi connectivity index (χ3v) is 8.97. The van der Waals surface area contributed by atoms with Crippen molar-refractivity contribution < 1.29 is 73.1 Å². The molecule has 332 valence electrons. The Hall–Kier alpha value is -4.65. The summed E-state index contributed by atoms with van der Waals surface area (Å²) in [5.74, 6) is -6.75. The van der Waals surface area contributed by atoms with Crippen LogP contribution in [0.25, 0.3) is 0 Å². The molecule has 0 heterocycles. The minimum Gasteiger partial charge on any atom is -0.481 e. The molecule has 0 unspecified atom stereocenters. The summed E-state index contributed by atoms with van der Waals surface area (Å²) >= 11 is 0. The van der Waals surface area contributed by atoms with E-state index in [0.29, 0.717) is 12.7 Å². The molecule has 0 aliphatic rings. The average Bonchev–Trinajstić information content (AvgIpc) is 3.16. The van der Waals surface area contributed by atoms with E-state index in [1.165, 1.54) is 32.1 Å². The monoisotopic (exact) mass is 830 g/mol.